The van der Waals surface area contributed by atoms with Crippen molar-refractivity contribution in [2.75, 3.05) is 6.54 Å². The standard InChI is InChI=1S/C12H22N2O3S/c1-5-12(2,3)9-13-18(16,17)11-6-10(8-15)14(4)7-11/h6-7,13,15H,5,8-9H2,1-4H3. The van der Waals surface area contributed by atoms with Gasteiger partial charge < -0.3 is 9.67 Å². The van der Waals surface area contributed by atoms with E-state index in [2.05, 4.69) is 4.72 Å². The van der Waals surface area contributed by atoms with Crippen LogP contribution in [0.25, 0.3) is 0 Å². The van der Waals surface area contributed by atoms with Gasteiger partial charge in [-0.15, -0.1) is 0 Å². The van der Waals surface area contributed by atoms with Gasteiger partial charge >= 0.3 is 0 Å². The monoisotopic (exact) mass is 274 g/mol. The maximum atomic E-state index is 12.1. The Hall–Kier alpha value is -0.850. The van der Waals surface area contributed by atoms with Gasteiger partial charge in [0.1, 0.15) is 0 Å². The van der Waals surface area contributed by atoms with Crippen molar-refractivity contribution < 1.29 is 13.5 Å². The number of hydrogen-bond donors (Lipinski definition) is 2. The molecule has 1 heterocycles. The molecule has 0 aliphatic carbocycles. The molecule has 2 N–H and O–H groups in total. The summed E-state index contributed by atoms with van der Waals surface area (Å²) in [6, 6.07) is 1.49. The number of hydrogen-bond acceptors (Lipinski definition) is 3. The third kappa shape index (κ3) is 3.57. The second kappa shape index (κ2) is 5.42. The molecule has 0 aromatic carbocycles. The van der Waals surface area contributed by atoms with Crippen LogP contribution in [0.3, 0.4) is 0 Å². The molecule has 18 heavy (non-hydrogen) atoms. The Bertz CT molecular complexity index is 503. The van der Waals surface area contributed by atoms with Gasteiger partial charge in [0.2, 0.25) is 10.0 Å². The van der Waals surface area contributed by atoms with Gasteiger partial charge in [-0.3, -0.25) is 0 Å². The number of aromatic nitrogens is 1. The lowest BCUT2D eigenvalue weighted by atomic mass is 9.91. The first-order chi connectivity index (χ1) is 8.22. The fourth-order valence-electron chi connectivity index (χ4n) is 1.38. The zero-order valence-electron chi connectivity index (χ0n) is 11.4. The lowest BCUT2D eigenvalue weighted by molar-refractivity contribution is 0.272. The zero-order valence-corrected chi connectivity index (χ0v) is 12.2. The molecule has 5 nitrogen and oxygen atoms in total. The number of aliphatic hydroxyl groups excluding tert-OH is 1. The predicted molar refractivity (Wildman–Crippen MR) is 70.6 cm³/mol. The number of nitrogens with one attached hydrogen (secondary N) is 1. The summed E-state index contributed by atoms with van der Waals surface area (Å²) in [5.74, 6) is 0. The van der Waals surface area contributed by atoms with Crippen molar-refractivity contribution >= 4 is 10.0 Å². The van der Waals surface area contributed by atoms with E-state index < -0.39 is 10.0 Å². The van der Waals surface area contributed by atoms with Crippen molar-refractivity contribution in [2.45, 2.75) is 38.7 Å². The van der Waals surface area contributed by atoms with Crippen molar-refractivity contribution in [3.63, 3.8) is 0 Å². The van der Waals surface area contributed by atoms with Gasteiger partial charge in [0.25, 0.3) is 0 Å². The third-order valence-corrected chi connectivity index (χ3v) is 4.62. The Labute approximate surface area is 109 Å². The van der Waals surface area contributed by atoms with E-state index in [0.717, 1.165) is 6.42 Å². The Balaban J connectivity index is 2.86. The summed E-state index contributed by atoms with van der Waals surface area (Å²) in [4.78, 5) is 0.195. The maximum absolute atomic E-state index is 12.1. The van der Waals surface area contributed by atoms with E-state index >= 15 is 0 Å². The first kappa shape index (κ1) is 15.2. The zero-order chi connectivity index (χ0) is 14.0. The largest absolute Gasteiger partial charge is 0.390 e. The van der Waals surface area contributed by atoms with Crippen LogP contribution >= 0.6 is 0 Å². The van der Waals surface area contributed by atoms with Crippen molar-refractivity contribution in [1.82, 2.24) is 9.29 Å². The van der Waals surface area contributed by atoms with Crippen LogP contribution < -0.4 is 4.72 Å². The van der Waals surface area contributed by atoms with Crippen LogP contribution in [-0.2, 0) is 23.7 Å². The smallest absolute Gasteiger partial charge is 0.242 e. The Morgan fingerprint density at radius 3 is 2.50 bits per heavy atom. The van der Waals surface area contributed by atoms with E-state index in [1.165, 1.54) is 12.3 Å². The van der Waals surface area contributed by atoms with Crippen LogP contribution in [0, 0.1) is 5.41 Å². The molecular weight excluding hydrogens is 252 g/mol. The molecular formula is C12H22N2O3S. The van der Waals surface area contributed by atoms with Crippen LogP contribution in [0.4, 0.5) is 0 Å². The summed E-state index contributed by atoms with van der Waals surface area (Å²) in [5, 5.41) is 9.06. The van der Waals surface area contributed by atoms with Gasteiger partial charge in [-0.1, -0.05) is 20.8 Å². The highest BCUT2D eigenvalue weighted by Gasteiger charge is 2.22. The van der Waals surface area contributed by atoms with Crippen LogP contribution in [-0.4, -0.2) is 24.6 Å². The predicted octanol–water partition coefficient (Wildman–Crippen LogP) is 1.23. The first-order valence-corrected chi connectivity index (χ1v) is 7.46. The molecule has 0 aliphatic rings. The highest BCUT2D eigenvalue weighted by molar-refractivity contribution is 7.89. The number of rotatable bonds is 6. The maximum Gasteiger partial charge on any atom is 0.242 e. The summed E-state index contributed by atoms with van der Waals surface area (Å²) < 4.78 is 28.4. The number of sulfonamides is 1. The van der Waals surface area contributed by atoms with E-state index in [1.807, 2.05) is 20.8 Å². The van der Waals surface area contributed by atoms with Gasteiger partial charge in [-0.05, 0) is 17.9 Å². The van der Waals surface area contributed by atoms with E-state index in [-0.39, 0.29) is 16.9 Å². The lowest BCUT2D eigenvalue weighted by Crippen LogP contribution is -2.33. The quantitative estimate of drug-likeness (QED) is 0.819. The van der Waals surface area contributed by atoms with Crippen molar-refractivity contribution in [3.05, 3.63) is 18.0 Å². The highest BCUT2D eigenvalue weighted by atomic mass is 32.2. The summed E-state index contributed by atoms with van der Waals surface area (Å²) in [6.07, 6.45) is 2.40. The van der Waals surface area contributed by atoms with Crippen molar-refractivity contribution in [3.8, 4) is 0 Å². The summed E-state index contributed by atoms with van der Waals surface area (Å²) >= 11 is 0. The Morgan fingerprint density at radius 1 is 1.44 bits per heavy atom. The second-order valence-electron chi connectivity index (χ2n) is 5.28. The van der Waals surface area contributed by atoms with Gasteiger partial charge in [0, 0.05) is 25.5 Å². The fourth-order valence-corrected chi connectivity index (χ4v) is 2.72. The van der Waals surface area contributed by atoms with E-state index in [1.54, 1.807) is 11.6 Å². The molecule has 0 aliphatic heterocycles. The number of nitrogens with zero attached hydrogens (tertiary/aromatic N) is 1. The normalized spacial score (nSPS) is 12.9. The van der Waals surface area contributed by atoms with E-state index in [0.29, 0.717) is 12.2 Å². The molecule has 0 bridgehead atoms. The van der Waals surface area contributed by atoms with Gasteiger partial charge in [-0.2, -0.15) is 0 Å². The minimum Gasteiger partial charge on any atom is -0.390 e. The molecule has 0 radical (unpaired) electrons. The summed E-state index contributed by atoms with van der Waals surface area (Å²) in [5.41, 5.74) is 0.506. The highest BCUT2D eigenvalue weighted by Crippen LogP contribution is 2.20. The molecule has 0 atom stereocenters. The fraction of sp³-hybridized carbons (Fsp3) is 0.667. The molecule has 0 fully saturated rings. The number of aryl methyl sites for hydroxylation is 1. The van der Waals surface area contributed by atoms with E-state index in [4.69, 9.17) is 5.11 Å². The average Bonchev–Trinajstić information content (AvgIpc) is 2.69. The van der Waals surface area contributed by atoms with E-state index in [9.17, 15) is 8.42 Å². The van der Waals surface area contributed by atoms with Gasteiger partial charge in [0.05, 0.1) is 11.5 Å². The summed E-state index contributed by atoms with van der Waals surface area (Å²) in [6.45, 7) is 6.28. The van der Waals surface area contributed by atoms with Gasteiger partial charge in [0.15, 0.2) is 0 Å². The first-order valence-electron chi connectivity index (χ1n) is 5.97. The SMILES string of the molecule is CCC(C)(C)CNS(=O)(=O)c1cc(CO)n(C)c1. The molecule has 1 aromatic heterocycles. The molecule has 104 valence electrons. The van der Waals surface area contributed by atoms with Crippen LogP contribution in [0.2, 0.25) is 0 Å². The van der Waals surface area contributed by atoms with Gasteiger partial charge in [-0.25, -0.2) is 13.1 Å². The molecule has 0 amide bonds. The molecule has 0 unspecified atom stereocenters. The average molecular weight is 274 g/mol. The minimum absolute atomic E-state index is 0.0678. The minimum atomic E-state index is -3.50. The topological polar surface area (TPSA) is 71.3 Å². The lowest BCUT2D eigenvalue weighted by Gasteiger charge is -2.22. The molecule has 0 saturated heterocycles. The second-order valence-corrected chi connectivity index (χ2v) is 7.05. The van der Waals surface area contributed by atoms with Crippen LogP contribution in [0.15, 0.2) is 17.2 Å². The van der Waals surface area contributed by atoms with Crippen molar-refractivity contribution in [2.24, 2.45) is 12.5 Å². The Morgan fingerprint density at radius 2 is 2.06 bits per heavy atom. The molecule has 6 heteroatoms. The molecule has 0 saturated carbocycles. The van der Waals surface area contributed by atoms with Crippen molar-refractivity contribution in [1.29, 1.82) is 0 Å². The molecule has 0 spiro atoms. The number of aliphatic hydroxyl groups is 1. The Kier molecular flexibility index (Phi) is 4.58. The van der Waals surface area contributed by atoms with Crippen LogP contribution in [0.5, 0.6) is 0 Å². The molecule has 1 rings (SSSR count). The third-order valence-electron chi connectivity index (χ3n) is 3.25. The molecule has 1 aromatic rings. The summed E-state index contributed by atoms with van der Waals surface area (Å²) in [7, 11) is -1.79. The van der Waals surface area contributed by atoms with Crippen LogP contribution in [0.1, 0.15) is 32.9 Å².